The van der Waals surface area contributed by atoms with Crippen molar-refractivity contribution in [3.8, 4) is 0 Å². The first kappa shape index (κ1) is 15.7. The van der Waals surface area contributed by atoms with E-state index in [9.17, 15) is 0 Å². The van der Waals surface area contributed by atoms with Crippen molar-refractivity contribution < 1.29 is 11.0 Å². The average molecular weight is 219 g/mol. The Morgan fingerprint density at radius 1 is 1.50 bits per heavy atom. The van der Waals surface area contributed by atoms with Gasteiger partial charge in [0.15, 0.2) is 0 Å². The van der Waals surface area contributed by atoms with Crippen LogP contribution in [-0.2, 0) is 0 Å². The molecule has 0 fully saturated rings. The molecule has 0 spiro atoms. The third-order valence-electron chi connectivity index (χ3n) is 0.134. The summed E-state index contributed by atoms with van der Waals surface area (Å²) in [6, 6.07) is 0. The molecule has 2 radical (unpaired) electrons. The first-order chi connectivity index (χ1) is 1.91. The molecule has 0 aromatic carbocycles. The summed E-state index contributed by atoms with van der Waals surface area (Å²) in [5, 5.41) is 0. The Bertz CT molecular complexity index is 13.5. The van der Waals surface area contributed by atoms with Gasteiger partial charge in [0.2, 0.25) is 0 Å². The van der Waals surface area contributed by atoms with Crippen LogP contribution in [0.4, 0.5) is 0 Å². The maximum atomic E-state index is 5.36. The van der Waals surface area contributed by atoms with E-state index in [1.54, 1.807) is 0 Å². The van der Waals surface area contributed by atoms with Gasteiger partial charge in [0, 0.05) is 0 Å². The van der Waals surface area contributed by atoms with Gasteiger partial charge in [-0.3, -0.25) is 0 Å². The second-order valence-electron chi connectivity index (χ2n) is 0.487. The summed E-state index contributed by atoms with van der Waals surface area (Å²) in [6.07, 6.45) is 0. The van der Waals surface area contributed by atoms with Crippen molar-refractivity contribution >= 4 is 28.9 Å². The van der Waals surface area contributed by atoms with E-state index in [1.165, 1.54) is 4.44 Å². The molecular formula is C2H9ClO2Sn. The first-order valence-electron chi connectivity index (χ1n) is 1.25. The predicted octanol–water partition coefficient (Wildman–Crippen LogP) is -0.367. The molecule has 0 heterocycles. The molecule has 0 rings (SSSR count). The van der Waals surface area contributed by atoms with Gasteiger partial charge in [0.05, 0.1) is 0 Å². The van der Waals surface area contributed by atoms with Gasteiger partial charge in [0.1, 0.15) is 0 Å². The number of rotatable bonds is 1. The minimum Gasteiger partial charge on any atom is -0.412 e. The second-order valence-corrected chi connectivity index (χ2v) is 5.06. The van der Waals surface area contributed by atoms with Gasteiger partial charge in [-0.2, -0.15) is 0 Å². The Hall–Kier alpha value is 1.01. The zero-order valence-corrected chi connectivity index (χ0v) is 7.20. The van der Waals surface area contributed by atoms with Crippen LogP contribution in [0, 0.1) is 0 Å². The van der Waals surface area contributed by atoms with Crippen molar-refractivity contribution in [1.29, 1.82) is 0 Å². The van der Waals surface area contributed by atoms with E-state index in [0.717, 1.165) is 0 Å². The fourth-order valence-electron chi connectivity index (χ4n) is 0. The van der Waals surface area contributed by atoms with Crippen LogP contribution in [0.1, 0.15) is 6.92 Å². The quantitative estimate of drug-likeness (QED) is 0.540. The van der Waals surface area contributed by atoms with E-state index in [0.29, 0.717) is 0 Å². The molecule has 0 amide bonds. The largest absolute Gasteiger partial charge is 0.412 e. The Morgan fingerprint density at radius 3 is 1.67 bits per heavy atom. The molecule has 0 aliphatic heterocycles. The van der Waals surface area contributed by atoms with E-state index in [2.05, 4.69) is 6.92 Å². The van der Waals surface area contributed by atoms with Gasteiger partial charge in [-0.05, 0) is 0 Å². The molecule has 4 N–H and O–H groups in total. The van der Waals surface area contributed by atoms with Crippen molar-refractivity contribution in [2.24, 2.45) is 0 Å². The fourth-order valence-corrected chi connectivity index (χ4v) is 0. The van der Waals surface area contributed by atoms with Crippen molar-refractivity contribution in [3.63, 3.8) is 0 Å². The van der Waals surface area contributed by atoms with Crippen LogP contribution in [0.3, 0.4) is 0 Å². The third-order valence-corrected chi connectivity index (χ3v) is 2.69. The molecule has 4 heteroatoms. The zero-order valence-electron chi connectivity index (χ0n) is 3.59. The van der Waals surface area contributed by atoms with Crippen LogP contribution >= 0.6 is 8.92 Å². The molecule has 0 unspecified atom stereocenters. The van der Waals surface area contributed by atoms with E-state index in [-0.39, 0.29) is 31.0 Å². The second kappa shape index (κ2) is 16.7. The predicted molar refractivity (Wildman–Crippen MR) is 29.3 cm³/mol. The molecule has 2 nitrogen and oxygen atoms in total. The van der Waals surface area contributed by atoms with E-state index in [1.807, 2.05) is 0 Å². The van der Waals surface area contributed by atoms with Crippen molar-refractivity contribution in [2.75, 3.05) is 0 Å². The Labute approximate surface area is 51.4 Å². The number of halogens is 1. The number of hydrogen-bond donors (Lipinski definition) is 0. The standard InChI is InChI=1S/C2H5.ClH.2H2O.Sn/c1-2;;;;/h1H2,2H3;1H;2*1H2;/q;;;;+1/p-1. The molecule has 0 aliphatic carbocycles. The summed E-state index contributed by atoms with van der Waals surface area (Å²) in [7, 11) is 5.36. The van der Waals surface area contributed by atoms with Gasteiger partial charge >= 0.3 is 40.3 Å². The molecule has 0 aromatic rings. The molecule has 0 aliphatic rings. The number of hydrogen-bond acceptors (Lipinski definition) is 0. The van der Waals surface area contributed by atoms with Crippen LogP contribution in [0.5, 0.6) is 0 Å². The summed E-state index contributed by atoms with van der Waals surface area (Å²) in [5.41, 5.74) is 0. The van der Waals surface area contributed by atoms with Gasteiger partial charge in [0.25, 0.3) is 0 Å². The molecular weight excluding hydrogens is 210 g/mol. The summed E-state index contributed by atoms with van der Waals surface area (Å²) in [5.74, 6) is 0. The summed E-state index contributed by atoms with van der Waals surface area (Å²) in [6.45, 7) is 2.12. The van der Waals surface area contributed by atoms with Gasteiger partial charge < -0.3 is 11.0 Å². The molecule has 0 atom stereocenters. The zero-order chi connectivity index (χ0) is 3.41. The maximum absolute atomic E-state index is 5.36. The minimum absolute atomic E-state index is 0. The van der Waals surface area contributed by atoms with Gasteiger partial charge in [-0.1, -0.05) is 0 Å². The third kappa shape index (κ3) is 19.9. The van der Waals surface area contributed by atoms with Crippen LogP contribution < -0.4 is 0 Å². The SMILES string of the molecule is C[CH2][Sn][Cl].O.O. The molecule has 0 bridgehead atoms. The fraction of sp³-hybridized carbons (Fsp3) is 1.00. The van der Waals surface area contributed by atoms with E-state index >= 15 is 0 Å². The topological polar surface area (TPSA) is 63.0 Å². The van der Waals surface area contributed by atoms with Crippen LogP contribution in [-0.4, -0.2) is 31.0 Å². The van der Waals surface area contributed by atoms with Crippen molar-refractivity contribution in [3.05, 3.63) is 0 Å². The summed E-state index contributed by atoms with van der Waals surface area (Å²) < 4.78 is 1.25. The van der Waals surface area contributed by atoms with Crippen molar-refractivity contribution in [2.45, 2.75) is 11.4 Å². The average Bonchev–Trinajstić information content (AvgIpc) is 1.37. The minimum atomic E-state index is -0.304. The molecule has 40 valence electrons. The van der Waals surface area contributed by atoms with Gasteiger partial charge in [-0.15, -0.1) is 0 Å². The monoisotopic (exact) mass is 220 g/mol. The maximum Gasteiger partial charge on any atom is -0.412 e. The molecule has 6 heavy (non-hydrogen) atoms. The van der Waals surface area contributed by atoms with E-state index in [4.69, 9.17) is 8.92 Å². The first-order valence-corrected chi connectivity index (χ1v) is 6.88. The normalized spacial score (nSPS) is 5.00. The Morgan fingerprint density at radius 2 is 1.67 bits per heavy atom. The van der Waals surface area contributed by atoms with Crippen LogP contribution in [0.15, 0.2) is 0 Å². The van der Waals surface area contributed by atoms with Crippen LogP contribution in [0.2, 0.25) is 4.44 Å². The van der Waals surface area contributed by atoms with Crippen LogP contribution in [0.25, 0.3) is 0 Å². The molecule has 0 saturated carbocycles. The Balaban J connectivity index is -0.0000000450. The molecule has 0 saturated heterocycles. The van der Waals surface area contributed by atoms with Crippen molar-refractivity contribution in [1.82, 2.24) is 0 Å². The smallest absolute Gasteiger partial charge is 0.412 e. The summed E-state index contributed by atoms with van der Waals surface area (Å²) >= 11 is -0.304. The molecule has 0 aromatic heterocycles. The van der Waals surface area contributed by atoms with Gasteiger partial charge in [-0.25, -0.2) is 0 Å². The Kier molecular flexibility index (Phi) is 43.7. The summed E-state index contributed by atoms with van der Waals surface area (Å²) in [4.78, 5) is 0. The van der Waals surface area contributed by atoms with E-state index < -0.39 is 0 Å².